The van der Waals surface area contributed by atoms with Crippen molar-refractivity contribution in [1.82, 2.24) is 25.8 Å². The number of carbonyl (C=O) groups is 3. The number of ether oxygens (including phenoxy) is 1. The highest BCUT2D eigenvalue weighted by Crippen LogP contribution is 2.48. The monoisotopic (exact) mass is 548 g/mol. The van der Waals surface area contributed by atoms with Crippen LogP contribution in [0.4, 0.5) is 10.5 Å². The van der Waals surface area contributed by atoms with Crippen LogP contribution >= 0.6 is 11.8 Å². The van der Waals surface area contributed by atoms with Gasteiger partial charge in [0, 0.05) is 55.6 Å². The molecule has 4 amide bonds. The van der Waals surface area contributed by atoms with Crippen molar-refractivity contribution < 1.29 is 19.1 Å². The highest BCUT2D eigenvalue weighted by Gasteiger charge is 2.52. The second kappa shape index (κ2) is 10.5. The summed E-state index contributed by atoms with van der Waals surface area (Å²) < 4.78 is 5.88. The lowest BCUT2D eigenvalue weighted by Crippen LogP contribution is -2.62. The van der Waals surface area contributed by atoms with Gasteiger partial charge in [0.1, 0.15) is 5.75 Å². The first kappa shape index (κ1) is 25.7. The Morgan fingerprint density at radius 1 is 1.21 bits per heavy atom. The van der Waals surface area contributed by atoms with E-state index < -0.39 is 0 Å². The van der Waals surface area contributed by atoms with Gasteiger partial charge in [-0.15, -0.1) is 0 Å². The summed E-state index contributed by atoms with van der Waals surface area (Å²) in [6, 6.07) is 10.8. The van der Waals surface area contributed by atoms with E-state index in [1.165, 1.54) is 11.8 Å². The summed E-state index contributed by atoms with van der Waals surface area (Å²) in [4.78, 5) is 47.2. The number of piperidine rings is 2. The van der Waals surface area contributed by atoms with Gasteiger partial charge in [0.05, 0.1) is 16.3 Å². The van der Waals surface area contributed by atoms with Crippen LogP contribution < -0.4 is 25.6 Å². The number of carbonyl (C=O) groups excluding carboxylic acids is 3. The molecule has 2 aromatic rings. The van der Waals surface area contributed by atoms with Crippen molar-refractivity contribution in [3.63, 3.8) is 0 Å². The maximum Gasteiger partial charge on any atom is 0.326 e. The molecule has 6 rings (SSSR count). The number of hydrogen-bond donors (Lipinski definition) is 3. The van der Waals surface area contributed by atoms with Gasteiger partial charge in [-0.1, -0.05) is 17.8 Å². The number of nitrogens with zero attached hydrogens (tertiary/aromatic N) is 3. The Balaban J connectivity index is 1.23. The Kier molecular flexibility index (Phi) is 6.94. The lowest BCUT2D eigenvalue weighted by molar-refractivity contribution is -0.131. The van der Waals surface area contributed by atoms with Gasteiger partial charge in [-0.25, -0.2) is 9.78 Å². The number of rotatable bonds is 5. The van der Waals surface area contributed by atoms with E-state index in [9.17, 15) is 14.4 Å². The average Bonchev–Trinajstić information content (AvgIpc) is 3.30. The molecular weight excluding hydrogens is 516 g/mol. The van der Waals surface area contributed by atoms with E-state index in [0.717, 1.165) is 43.6 Å². The number of likely N-dealkylation sites (tertiary alicyclic amines) is 1. The molecule has 5 heterocycles. The minimum Gasteiger partial charge on any atom is -0.439 e. The molecule has 3 fully saturated rings. The van der Waals surface area contributed by atoms with Gasteiger partial charge in [0.25, 0.3) is 5.91 Å². The van der Waals surface area contributed by atoms with E-state index in [4.69, 9.17) is 4.74 Å². The minimum absolute atomic E-state index is 0.00487. The molecule has 4 atom stereocenters. The van der Waals surface area contributed by atoms with E-state index in [1.807, 2.05) is 42.2 Å². The maximum absolute atomic E-state index is 13.6. The van der Waals surface area contributed by atoms with Gasteiger partial charge in [0.2, 0.25) is 11.8 Å². The Morgan fingerprint density at radius 2 is 2.08 bits per heavy atom. The summed E-state index contributed by atoms with van der Waals surface area (Å²) in [6.07, 6.45) is 4.14. The number of nitrogens with one attached hydrogen (secondary N) is 3. The van der Waals surface area contributed by atoms with Crippen LogP contribution in [-0.4, -0.2) is 64.8 Å². The third-order valence-electron chi connectivity index (χ3n) is 7.84. The molecule has 10 nitrogen and oxygen atoms in total. The van der Waals surface area contributed by atoms with Crippen LogP contribution in [0.1, 0.15) is 31.7 Å². The number of amides is 4. The molecule has 0 spiro atoms. The van der Waals surface area contributed by atoms with Crippen molar-refractivity contribution in [1.29, 1.82) is 0 Å². The zero-order chi connectivity index (χ0) is 27.1. The van der Waals surface area contributed by atoms with Crippen molar-refractivity contribution in [2.75, 3.05) is 24.5 Å². The quantitative estimate of drug-likeness (QED) is 0.526. The molecular formula is C28H32N6O4S. The van der Waals surface area contributed by atoms with Gasteiger partial charge in [-0.2, -0.15) is 0 Å². The van der Waals surface area contributed by atoms with Gasteiger partial charge < -0.3 is 25.6 Å². The normalized spacial score (nSPS) is 26.2. The number of urea groups is 1. The molecule has 11 heteroatoms. The Hall–Kier alpha value is -3.57. The molecule has 4 aliphatic rings. The largest absolute Gasteiger partial charge is 0.439 e. The van der Waals surface area contributed by atoms with Crippen LogP contribution in [-0.2, 0) is 9.59 Å². The van der Waals surface area contributed by atoms with E-state index in [-0.39, 0.29) is 41.2 Å². The van der Waals surface area contributed by atoms with Gasteiger partial charge in [-0.3, -0.25) is 14.5 Å². The number of hydrogen-bond acceptors (Lipinski definition) is 7. The molecule has 204 valence electrons. The predicted octanol–water partition coefficient (Wildman–Crippen LogP) is 3.10. The second-order valence-electron chi connectivity index (χ2n) is 10.4. The Bertz CT molecular complexity index is 1330. The number of pyridine rings is 1. The van der Waals surface area contributed by atoms with Crippen molar-refractivity contribution in [3.05, 3.63) is 58.8 Å². The molecule has 1 aromatic carbocycles. The third-order valence-corrected chi connectivity index (χ3v) is 9.19. The summed E-state index contributed by atoms with van der Waals surface area (Å²) >= 11 is 1.49. The topological polar surface area (TPSA) is 116 Å². The summed E-state index contributed by atoms with van der Waals surface area (Å²) in [5.41, 5.74) is 2.44. The number of thioether (sulfide) groups is 1. The summed E-state index contributed by atoms with van der Waals surface area (Å²) in [5, 5.41) is 9.74. The van der Waals surface area contributed by atoms with Crippen molar-refractivity contribution in [2.45, 2.75) is 50.6 Å². The second-order valence-corrected chi connectivity index (χ2v) is 11.6. The van der Waals surface area contributed by atoms with Gasteiger partial charge in [-0.05, 0) is 62.6 Å². The van der Waals surface area contributed by atoms with Gasteiger partial charge >= 0.3 is 6.03 Å². The van der Waals surface area contributed by atoms with Crippen LogP contribution in [0, 0.1) is 12.8 Å². The summed E-state index contributed by atoms with van der Waals surface area (Å²) in [5.74, 6) is 0.966. The smallest absolute Gasteiger partial charge is 0.326 e. The maximum atomic E-state index is 13.6. The zero-order valence-corrected chi connectivity index (χ0v) is 22.8. The van der Waals surface area contributed by atoms with Crippen LogP contribution in [0.5, 0.6) is 11.6 Å². The molecule has 3 N–H and O–H groups in total. The Morgan fingerprint density at radius 3 is 2.85 bits per heavy atom. The third kappa shape index (κ3) is 4.96. The standard InChI is InChI=1S/C28H32N6O4S/c1-16-14-19(38-22-7-3-4-11-29-22)8-9-20(16)34-21-10-12-30-27-23(21)24(32-28(34)37)25(39-27)26(36)31-18-6-5-13-33(15-18)17(2)35/h3-4,7-9,11,14,18,21,23,27,30H,5-6,10,12-13,15H2,1-2H3,(H,31,36)(H,32,37)/t18-,21?,23?,27?/m1/s1. The predicted molar refractivity (Wildman–Crippen MR) is 148 cm³/mol. The molecule has 3 unspecified atom stereocenters. The highest BCUT2D eigenvalue weighted by molar-refractivity contribution is 8.04. The van der Waals surface area contributed by atoms with Crippen LogP contribution in [0.15, 0.2) is 53.2 Å². The van der Waals surface area contributed by atoms with Gasteiger partial charge in [0.15, 0.2) is 0 Å². The zero-order valence-electron chi connectivity index (χ0n) is 22.0. The fraction of sp³-hybridized carbons (Fsp3) is 0.429. The number of aryl methyl sites for hydroxylation is 1. The molecule has 1 aromatic heterocycles. The fourth-order valence-electron chi connectivity index (χ4n) is 6.02. The van der Waals surface area contributed by atoms with E-state index in [0.29, 0.717) is 28.8 Å². The van der Waals surface area contributed by atoms with E-state index in [1.54, 1.807) is 24.1 Å². The van der Waals surface area contributed by atoms with Crippen LogP contribution in [0.3, 0.4) is 0 Å². The molecule has 0 bridgehead atoms. The average molecular weight is 549 g/mol. The molecule has 0 radical (unpaired) electrons. The number of aromatic nitrogens is 1. The van der Waals surface area contributed by atoms with Crippen molar-refractivity contribution in [2.24, 2.45) is 5.92 Å². The molecule has 39 heavy (non-hydrogen) atoms. The molecule has 3 saturated heterocycles. The fourth-order valence-corrected chi connectivity index (χ4v) is 7.42. The molecule has 0 aliphatic carbocycles. The first-order valence-electron chi connectivity index (χ1n) is 13.4. The van der Waals surface area contributed by atoms with Crippen LogP contribution in [0.2, 0.25) is 0 Å². The van der Waals surface area contributed by atoms with E-state index in [2.05, 4.69) is 20.9 Å². The van der Waals surface area contributed by atoms with E-state index >= 15 is 0 Å². The number of anilines is 1. The summed E-state index contributed by atoms with van der Waals surface area (Å²) in [6.45, 7) is 5.52. The lowest BCUT2D eigenvalue weighted by atomic mass is 9.86. The molecule has 4 aliphatic heterocycles. The number of benzene rings is 1. The van der Waals surface area contributed by atoms with Crippen molar-refractivity contribution >= 4 is 35.3 Å². The first-order chi connectivity index (χ1) is 18.9. The minimum atomic E-state index is -0.235. The first-order valence-corrected chi connectivity index (χ1v) is 14.3. The summed E-state index contributed by atoms with van der Waals surface area (Å²) in [7, 11) is 0. The SMILES string of the molecule is CC(=O)N1CCC[C@@H](NC(=O)C2=C3NC(=O)N(c4ccc(Oc5ccccn5)cc4C)C4CCNC(S2)C34)C1. The van der Waals surface area contributed by atoms with Crippen LogP contribution in [0.25, 0.3) is 0 Å². The lowest BCUT2D eigenvalue weighted by Gasteiger charge is -2.46. The highest BCUT2D eigenvalue weighted by atomic mass is 32.2. The molecule has 0 saturated carbocycles. The Labute approximate surface area is 231 Å². The van der Waals surface area contributed by atoms with Crippen molar-refractivity contribution in [3.8, 4) is 11.6 Å².